The highest BCUT2D eigenvalue weighted by atomic mass is 32.1. The van der Waals surface area contributed by atoms with Crippen molar-refractivity contribution in [3.63, 3.8) is 0 Å². The van der Waals surface area contributed by atoms with Gasteiger partial charge in [0, 0.05) is 15.8 Å². The van der Waals surface area contributed by atoms with Gasteiger partial charge in [-0.1, -0.05) is 19.3 Å². The summed E-state index contributed by atoms with van der Waals surface area (Å²) in [7, 11) is 0. The third-order valence-electron chi connectivity index (χ3n) is 3.48. The Kier molecular flexibility index (Phi) is 4.64. The van der Waals surface area contributed by atoms with E-state index in [2.05, 4.69) is 29.7 Å². The van der Waals surface area contributed by atoms with Crippen molar-refractivity contribution in [3.05, 3.63) is 21.9 Å². The molecule has 0 aromatic carbocycles. The fourth-order valence-corrected chi connectivity index (χ4v) is 3.31. The van der Waals surface area contributed by atoms with E-state index in [1.54, 1.807) is 11.3 Å². The van der Waals surface area contributed by atoms with Crippen LogP contribution in [0.5, 0.6) is 0 Å². The Morgan fingerprint density at radius 2 is 2.06 bits per heavy atom. The van der Waals surface area contributed by atoms with E-state index < -0.39 is 0 Å². The van der Waals surface area contributed by atoms with Gasteiger partial charge in [0.2, 0.25) is 0 Å². The first-order chi connectivity index (χ1) is 8.65. The topological polar surface area (TPSA) is 41.1 Å². The zero-order valence-corrected chi connectivity index (χ0v) is 12.0. The van der Waals surface area contributed by atoms with Gasteiger partial charge in [0.25, 0.3) is 0 Å². The molecular formula is C14H22N2OS. The second-order valence-corrected chi connectivity index (χ2v) is 6.44. The molecule has 1 saturated carbocycles. The molecule has 2 rings (SSSR count). The second kappa shape index (κ2) is 6.23. The summed E-state index contributed by atoms with van der Waals surface area (Å²) in [5.74, 6) is 0. The Hall–Kier alpha value is -1.03. The predicted molar refractivity (Wildman–Crippen MR) is 76.0 cm³/mol. The molecule has 0 aliphatic heterocycles. The van der Waals surface area contributed by atoms with Crippen LogP contribution in [0.15, 0.2) is 12.1 Å². The molecule has 18 heavy (non-hydrogen) atoms. The minimum atomic E-state index is -0.0274. The summed E-state index contributed by atoms with van der Waals surface area (Å²) in [6, 6.07) is 4.62. The molecule has 2 amide bonds. The summed E-state index contributed by atoms with van der Waals surface area (Å²) in [5.41, 5.74) is 0. The van der Waals surface area contributed by atoms with Crippen LogP contribution in [0.4, 0.5) is 4.79 Å². The Labute approximate surface area is 113 Å². The number of rotatable bonds is 3. The van der Waals surface area contributed by atoms with Crippen molar-refractivity contribution in [3.8, 4) is 0 Å². The Bertz CT molecular complexity index is 396. The van der Waals surface area contributed by atoms with Crippen LogP contribution in [0.2, 0.25) is 0 Å². The zero-order valence-electron chi connectivity index (χ0n) is 11.2. The first-order valence-electron chi connectivity index (χ1n) is 6.78. The number of hydrogen-bond acceptors (Lipinski definition) is 2. The number of aryl methyl sites for hydroxylation is 1. The molecule has 0 radical (unpaired) electrons. The van der Waals surface area contributed by atoms with Crippen molar-refractivity contribution < 1.29 is 4.79 Å². The van der Waals surface area contributed by atoms with E-state index in [0.29, 0.717) is 6.04 Å². The third kappa shape index (κ3) is 3.73. The summed E-state index contributed by atoms with van der Waals surface area (Å²) in [4.78, 5) is 14.4. The molecule has 1 unspecified atom stereocenters. The molecule has 1 aliphatic rings. The summed E-state index contributed by atoms with van der Waals surface area (Å²) >= 11 is 1.74. The lowest BCUT2D eigenvalue weighted by Gasteiger charge is -2.24. The van der Waals surface area contributed by atoms with Crippen molar-refractivity contribution >= 4 is 17.4 Å². The SMILES string of the molecule is Cc1ccc(C(C)NC(=O)NC2CCCCC2)s1. The lowest BCUT2D eigenvalue weighted by atomic mass is 9.96. The van der Waals surface area contributed by atoms with Crippen LogP contribution in [0, 0.1) is 6.92 Å². The lowest BCUT2D eigenvalue weighted by Crippen LogP contribution is -2.43. The summed E-state index contributed by atoms with van der Waals surface area (Å²) in [6.45, 7) is 4.12. The van der Waals surface area contributed by atoms with Gasteiger partial charge in [-0.2, -0.15) is 0 Å². The van der Waals surface area contributed by atoms with Crippen LogP contribution in [-0.2, 0) is 0 Å². The van der Waals surface area contributed by atoms with E-state index in [0.717, 1.165) is 12.8 Å². The van der Waals surface area contributed by atoms with E-state index in [1.165, 1.54) is 29.0 Å². The predicted octanol–water partition coefficient (Wildman–Crippen LogP) is 3.75. The third-order valence-corrected chi connectivity index (χ3v) is 4.66. The van der Waals surface area contributed by atoms with Gasteiger partial charge in [-0.15, -0.1) is 11.3 Å². The average Bonchev–Trinajstić information content (AvgIpc) is 2.77. The van der Waals surface area contributed by atoms with Crippen LogP contribution < -0.4 is 10.6 Å². The van der Waals surface area contributed by atoms with Crippen LogP contribution in [0.1, 0.15) is 54.8 Å². The molecule has 1 fully saturated rings. The van der Waals surface area contributed by atoms with Gasteiger partial charge < -0.3 is 10.6 Å². The summed E-state index contributed by atoms with van der Waals surface area (Å²) in [6.07, 6.45) is 6.04. The second-order valence-electron chi connectivity index (χ2n) is 5.12. The molecule has 2 N–H and O–H groups in total. The number of urea groups is 1. The first-order valence-corrected chi connectivity index (χ1v) is 7.60. The smallest absolute Gasteiger partial charge is 0.315 e. The van der Waals surface area contributed by atoms with E-state index in [1.807, 2.05) is 6.92 Å². The lowest BCUT2D eigenvalue weighted by molar-refractivity contribution is 0.230. The van der Waals surface area contributed by atoms with Gasteiger partial charge in [0.05, 0.1) is 6.04 Å². The minimum absolute atomic E-state index is 0.0274. The summed E-state index contributed by atoms with van der Waals surface area (Å²) < 4.78 is 0. The fourth-order valence-electron chi connectivity index (χ4n) is 2.43. The van der Waals surface area contributed by atoms with E-state index in [4.69, 9.17) is 0 Å². The van der Waals surface area contributed by atoms with Gasteiger partial charge in [-0.05, 0) is 38.8 Å². The van der Waals surface area contributed by atoms with Crippen LogP contribution in [0.3, 0.4) is 0 Å². The number of carbonyl (C=O) groups excluding carboxylic acids is 1. The standard InChI is InChI=1S/C14H22N2OS/c1-10-8-9-13(18-10)11(2)15-14(17)16-12-6-4-3-5-7-12/h8-9,11-12H,3-7H2,1-2H3,(H2,15,16,17). The minimum Gasteiger partial charge on any atom is -0.335 e. The molecule has 1 aromatic heterocycles. The molecule has 1 aromatic rings. The molecule has 100 valence electrons. The monoisotopic (exact) mass is 266 g/mol. The highest BCUT2D eigenvalue weighted by molar-refractivity contribution is 7.12. The number of nitrogens with one attached hydrogen (secondary N) is 2. The molecular weight excluding hydrogens is 244 g/mol. The molecule has 0 spiro atoms. The molecule has 1 aliphatic carbocycles. The highest BCUT2D eigenvalue weighted by Gasteiger charge is 2.17. The molecule has 0 saturated heterocycles. The normalized spacial score (nSPS) is 18.3. The van der Waals surface area contributed by atoms with Crippen molar-refractivity contribution in [1.29, 1.82) is 0 Å². The van der Waals surface area contributed by atoms with Crippen LogP contribution in [-0.4, -0.2) is 12.1 Å². The molecule has 1 atom stereocenters. The maximum absolute atomic E-state index is 11.9. The van der Waals surface area contributed by atoms with Crippen molar-refractivity contribution in [2.75, 3.05) is 0 Å². The maximum atomic E-state index is 11.9. The van der Waals surface area contributed by atoms with Crippen molar-refractivity contribution in [2.24, 2.45) is 0 Å². The van der Waals surface area contributed by atoms with Gasteiger partial charge in [-0.25, -0.2) is 4.79 Å². The Morgan fingerprint density at radius 3 is 2.67 bits per heavy atom. The first kappa shape index (κ1) is 13.4. The maximum Gasteiger partial charge on any atom is 0.315 e. The largest absolute Gasteiger partial charge is 0.335 e. The van der Waals surface area contributed by atoms with Crippen LogP contribution >= 0.6 is 11.3 Å². The summed E-state index contributed by atoms with van der Waals surface area (Å²) in [5, 5.41) is 6.10. The van der Waals surface area contributed by atoms with Gasteiger partial charge in [0.15, 0.2) is 0 Å². The average molecular weight is 266 g/mol. The molecule has 3 nitrogen and oxygen atoms in total. The molecule has 4 heteroatoms. The fraction of sp³-hybridized carbons (Fsp3) is 0.643. The van der Waals surface area contributed by atoms with E-state index >= 15 is 0 Å². The van der Waals surface area contributed by atoms with E-state index in [9.17, 15) is 4.79 Å². The van der Waals surface area contributed by atoms with Crippen molar-refractivity contribution in [2.45, 2.75) is 58.0 Å². The van der Waals surface area contributed by atoms with E-state index in [-0.39, 0.29) is 12.1 Å². The van der Waals surface area contributed by atoms with Crippen LogP contribution in [0.25, 0.3) is 0 Å². The number of carbonyl (C=O) groups is 1. The Morgan fingerprint density at radius 1 is 1.33 bits per heavy atom. The quantitative estimate of drug-likeness (QED) is 0.859. The number of hydrogen-bond donors (Lipinski definition) is 2. The van der Waals surface area contributed by atoms with Gasteiger partial charge >= 0.3 is 6.03 Å². The number of thiophene rings is 1. The highest BCUT2D eigenvalue weighted by Crippen LogP contribution is 2.22. The van der Waals surface area contributed by atoms with Gasteiger partial charge in [-0.3, -0.25) is 0 Å². The molecule has 0 bridgehead atoms. The Balaban J connectivity index is 1.79. The molecule has 1 heterocycles. The van der Waals surface area contributed by atoms with Gasteiger partial charge in [0.1, 0.15) is 0 Å². The number of amides is 2. The van der Waals surface area contributed by atoms with Crippen molar-refractivity contribution in [1.82, 2.24) is 10.6 Å². The zero-order chi connectivity index (χ0) is 13.0.